The fourth-order valence-corrected chi connectivity index (χ4v) is 3.28. The van der Waals surface area contributed by atoms with Crippen molar-refractivity contribution in [3.63, 3.8) is 0 Å². The maximum absolute atomic E-state index is 12.6. The first kappa shape index (κ1) is 13.2. The van der Waals surface area contributed by atoms with Crippen LogP contribution in [-0.4, -0.2) is 48.8 Å². The number of rotatable bonds is 1. The van der Waals surface area contributed by atoms with Crippen LogP contribution in [0.25, 0.3) is 0 Å². The van der Waals surface area contributed by atoms with Gasteiger partial charge in [-0.1, -0.05) is 11.6 Å². The number of imide groups is 1. The monoisotopic (exact) mass is 308 g/mol. The Morgan fingerprint density at radius 3 is 2.67 bits per heavy atom. The summed E-state index contributed by atoms with van der Waals surface area (Å²) in [4.78, 5) is 32.0. The number of anilines is 1. The third-order valence-electron chi connectivity index (χ3n) is 4.16. The highest BCUT2D eigenvalue weighted by Gasteiger charge is 2.60. The molecule has 3 heterocycles. The van der Waals surface area contributed by atoms with Gasteiger partial charge in [0.25, 0.3) is 5.91 Å². The average Bonchev–Trinajstić information content (AvgIpc) is 2.98. The number of hydroxylamine groups is 2. The number of nitrogens with zero attached hydrogens (tertiary/aromatic N) is 2. The Balaban J connectivity index is 1.66. The van der Waals surface area contributed by atoms with Crippen LogP contribution in [0, 0.1) is 5.92 Å². The highest BCUT2D eigenvalue weighted by atomic mass is 35.5. The van der Waals surface area contributed by atoms with Gasteiger partial charge < -0.3 is 4.74 Å². The van der Waals surface area contributed by atoms with E-state index in [1.807, 2.05) is 0 Å². The molecule has 0 saturated carbocycles. The third kappa shape index (κ3) is 1.91. The van der Waals surface area contributed by atoms with E-state index in [-0.39, 0.29) is 17.9 Å². The number of morpholine rings is 1. The molecule has 3 atom stereocenters. The summed E-state index contributed by atoms with van der Waals surface area (Å²) in [6.45, 7) is 1.55. The van der Waals surface area contributed by atoms with E-state index in [0.29, 0.717) is 30.5 Å². The standard InChI is InChI=1S/C14H13ClN2O4/c15-8-1-3-9(4-2-8)17-13(18)11-10-7-20-6-5-16(10)21-12(11)14(17)19/h1-4,10-12H,5-7H2/t10-,11-,12-/m1/s1. The predicted molar refractivity (Wildman–Crippen MR) is 73.6 cm³/mol. The zero-order valence-electron chi connectivity index (χ0n) is 11.1. The maximum atomic E-state index is 12.6. The molecule has 0 bridgehead atoms. The van der Waals surface area contributed by atoms with Crippen molar-refractivity contribution in [1.29, 1.82) is 0 Å². The highest BCUT2D eigenvalue weighted by Crippen LogP contribution is 2.39. The summed E-state index contributed by atoms with van der Waals surface area (Å²) in [5.41, 5.74) is 0.524. The zero-order valence-corrected chi connectivity index (χ0v) is 11.8. The molecule has 0 spiro atoms. The van der Waals surface area contributed by atoms with E-state index in [9.17, 15) is 9.59 Å². The molecule has 3 aliphatic rings. The molecular formula is C14H13ClN2O4. The second-order valence-corrected chi connectivity index (χ2v) is 5.76. The Hall–Kier alpha value is -1.47. The molecule has 3 fully saturated rings. The molecule has 7 heteroatoms. The van der Waals surface area contributed by atoms with E-state index in [1.165, 1.54) is 4.90 Å². The Labute approximate surface area is 126 Å². The van der Waals surface area contributed by atoms with Crippen molar-refractivity contribution in [2.24, 2.45) is 5.92 Å². The van der Waals surface area contributed by atoms with Crippen molar-refractivity contribution in [2.75, 3.05) is 24.7 Å². The minimum Gasteiger partial charge on any atom is -0.378 e. The number of carbonyl (C=O) groups excluding carboxylic acids is 2. The van der Waals surface area contributed by atoms with Crippen LogP contribution in [-0.2, 0) is 19.2 Å². The molecule has 1 aromatic rings. The minimum absolute atomic E-state index is 0.183. The van der Waals surface area contributed by atoms with Crippen LogP contribution >= 0.6 is 11.6 Å². The molecule has 0 aromatic heterocycles. The molecule has 3 saturated heterocycles. The lowest BCUT2D eigenvalue weighted by Gasteiger charge is -2.30. The van der Waals surface area contributed by atoms with Crippen LogP contribution in [0.4, 0.5) is 5.69 Å². The molecule has 110 valence electrons. The predicted octanol–water partition coefficient (Wildman–Crippen LogP) is 0.844. The Morgan fingerprint density at radius 2 is 1.90 bits per heavy atom. The first-order chi connectivity index (χ1) is 10.2. The number of fused-ring (bicyclic) bond motifs is 3. The van der Waals surface area contributed by atoms with Gasteiger partial charge in [-0.2, -0.15) is 5.06 Å². The number of amides is 2. The van der Waals surface area contributed by atoms with Crippen molar-refractivity contribution in [2.45, 2.75) is 12.1 Å². The number of ether oxygens (including phenoxy) is 1. The van der Waals surface area contributed by atoms with Gasteiger partial charge in [-0.15, -0.1) is 0 Å². The number of halogens is 1. The number of hydrogen-bond acceptors (Lipinski definition) is 5. The van der Waals surface area contributed by atoms with E-state index in [4.69, 9.17) is 21.2 Å². The molecule has 6 nitrogen and oxygen atoms in total. The van der Waals surface area contributed by atoms with E-state index in [2.05, 4.69) is 0 Å². The van der Waals surface area contributed by atoms with Gasteiger partial charge in [0.1, 0.15) is 0 Å². The number of benzene rings is 1. The van der Waals surface area contributed by atoms with E-state index in [0.717, 1.165) is 0 Å². The molecule has 1 aromatic carbocycles. The Kier molecular flexibility index (Phi) is 3.00. The molecule has 0 N–H and O–H groups in total. The van der Waals surface area contributed by atoms with Gasteiger partial charge in [-0.3, -0.25) is 14.4 Å². The molecule has 0 aliphatic carbocycles. The fraction of sp³-hybridized carbons (Fsp3) is 0.429. The summed E-state index contributed by atoms with van der Waals surface area (Å²) >= 11 is 5.84. The first-order valence-electron chi connectivity index (χ1n) is 6.81. The van der Waals surface area contributed by atoms with Gasteiger partial charge in [0, 0.05) is 11.6 Å². The summed E-state index contributed by atoms with van der Waals surface area (Å²) in [5, 5.41) is 2.27. The summed E-state index contributed by atoms with van der Waals surface area (Å²) in [5.74, 6) is -1.04. The van der Waals surface area contributed by atoms with E-state index < -0.39 is 12.0 Å². The normalized spacial score (nSPS) is 32.4. The quantitative estimate of drug-likeness (QED) is 0.720. The summed E-state index contributed by atoms with van der Waals surface area (Å²) < 4.78 is 5.41. The average molecular weight is 309 g/mol. The lowest BCUT2D eigenvalue weighted by atomic mass is 9.97. The zero-order chi connectivity index (χ0) is 14.6. The first-order valence-corrected chi connectivity index (χ1v) is 7.19. The molecule has 0 unspecified atom stereocenters. The molecule has 3 aliphatic heterocycles. The Bertz CT molecular complexity index is 605. The van der Waals surface area contributed by atoms with Gasteiger partial charge in [0.05, 0.1) is 30.9 Å². The van der Waals surface area contributed by atoms with Gasteiger partial charge in [0.15, 0.2) is 6.10 Å². The number of carbonyl (C=O) groups is 2. The van der Waals surface area contributed by atoms with Gasteiger partial charge in [-0.25, -0.2) is 4.90 Å². The topological polar surface area (TPSA) is 59.1 Å². The fourth-order valence-electron chi connectivity index (χ4n) is 3.16. The van der Waals surface area contributed by atoms with Crippen molar-refractivity contribution in [1.82, 2.24) is 5.06 Å². The third-order valence-corrected chi connectivity index (χ3v) is 4.41. The molecule has 0 radical (unpaired) electrons. The minimum atomic E-state index is -0.736. The second kappa shape index (κ2) is 4.78. The smallest absolute Gasteiger partial charge is 0.265 e. The van der Waals surface area contributed by atoms with Crippen LogP contribution in [0.2, 0.25) is 5.02 Å². The second-order valence-electron chi connectivity index (χ2n) is 5.32. The van der Waals surface area contributed by atoms with Crippen LogP contribution in [0.1, 0.15) is 0 Å². The van der Waals surface area contributed by atoms with Crippen molar-refractivity contribution in [3.8, 4) is 0 Å². The molecular weight excluding hydrogens is 296 g/mol. The maximum Gasteiger partial charge on any atom is 0.265 e. The van der Waals surface area contributed by atoms with Crippen LogP contribution < -0.4 is 4.90 Å². The van der Waals surface area contributed by atoms with Gasteiger partial charge in [0.2, 0.25) is 5.91 Å². The lowest BCUT2D eigenvalue weighted by molar-refractivity contribution is -0.197. The van der Waals surface area contributed by atoms with Crippen LogP contribution in [0.5, 0.6) is 0 Å². The Morgan fingerprint density at radius 1 is 1.14 bits per heavy atom. The van der Waals surface area contributed by atoms with Crippen molar-refractivity contribution in [3.05, 3.63) is 29.3 Å². The highest BCUT2D eigenvalue weighted by molar-refractivity contribution is 6.31. The SMILES string of the molecule is O=C1[C@@H]2[C@H]3COCCN3O[C@H]2C(=O)N1c1ccc(Cl)cc1. The van der Waals surface area contributed by atoms with Crippen molar-refractivity contribution < 1.29 is 19.2 Å². The van der Waals surface area contributed by atoms with Crippen LogP contribution in [0.3, 0.4) is 0 Å². The lowest BCUT2D eigenvalue weighted by Crippen LogP contribution is -2.46. The van der Waals surface area contributed by atoms with E-state index >= 15 is 0 Å². The summed E-state index contributed by atoms with van der Waals surface area (Å²) in [6.07, 6.45) is -0.736. The largest absolute Gasteiger partial charge is 0.378 e. The summed E-state index contributed by atoms with van der Waals surface area (Å²) in [6, 6.07) is 6.45. The molecule has 4 rings (SSSR count). The van der Waals surface area contributed by atoms with Crippen LogP contribution in [0.15, 0.2) is 24.3 Å². The van der Waals surface area contributed by atoms with E-state index in [1.54, 1.807) is 29.3 Å². The number of hydrogen-bond donors (Lipinski definition) is 0. The van der Waals surface area contributed by atoms with Gasteiger partial charge in [-0.05, 0) is 24.3 Å². The molecule has 21 heavy (non-hydrogen) atoms. The van der Waals surface area contributed by atoms with Crippen molar-refractivity contribution >= 4 is 29.1 Å². The summed E-state index contributed by atoms with van der Waals surface area (Å²) in [7, 11) is 0. The molecule has 2 amide bonds. The van der Waals surface area contributed by atoms with Gasteiger partial charge >= 0.3 is 0 Å².